The highest BCUT2D eigenvalue weighted by molar-refractivity contribution is 5.70. The zero-order chi connectivity index (χ0) is 20.0. The number of H-pyrrole nitrogens is 1. The molecule has 150 valence electrons. The Morgan fingerprint density at radius 2 is 1.97 bits per heavy atom. The summed E-state index contributed by atoms with van der Waals surface area (Å²) in [6.07, 6.45) is 8.20. The second-order valence-electron chi connectivity index (χ2n) is 8.60. The van der Waals surface area contributed by atoms with Gasteiger partial charge in [0.25, 0.3) is 0 Å². The van der Waals surface area contributed by atoms with Gasteiger partial charge in [0, 0.05) is 36.5 Å². The Kier molecular flexibility index (Phi) is 4.54. The van der Waals surface area contributed by atoms with Crippen molar-refractivity contribution in [2.24, 2.45) is 11.8 Å². The lowest BCUT2D eigenvalue weighted by Gasteiger charge is -2.26. The van der Waals surface area contributed by atoms with Crippen molar-refractivity contribution in [1.82, 2.24) is 30.3 Å². The highest BCUT2D eigenvalue weighted by Crippen LogP contribution is 2.40. The Bertz CT molecular complexity index is 981. The van der Waals surface area contributed by atoms with Crippen LogP contribution in [-0.2, 0) is 0 Å². The summed E-state index contributed by atoms with van der Waals surface area (Å²) in [4.78, 5) is 9.37. The second-order valence-corrected chi connectivity index (χ2v) is 8.60. The fourth-order valence-electron chi connectivity index (χ4n) is 5.12. The minimum atomic E-state index is 0.675. The van der Waals surface area contributed by atoms with Crippen LogP contribution in [0.5, 0.6) is 0 Å². The average Bonchev–Trinajstić information content (AvgIpc) is 3.45. The fourth-order valence-corrected chi connectivity index (χ4v) is 5.12. The van der Waals surface area contributed by atoms with E-state index in [0.29, 0.717) is 12.0 Å². The van der Waals surface area contributed by atoms with Gasteiger partial charge in [0.2, 0.25) is 5.95 Å². The summed E-state index contributed by atoms with van der Waals surface area (Å²) in [6, 6.07) is 7.00. The number of fused-ring (bicyclic) bond motifs is 1. The fraction of sp³-hybridized carbons (Fsp3) is 0.455. The molecule has 1 aromatic carbocycles. The van der Waals surface area contributed by atoms with Crippen LogP contribution >= 0.6 is 0 Å². The number of nitrogens with one attached hydrogen (secondary N) is 1. The van der Waals surface area contributed by atoms with Crippen molar-refractivity contribution in [3.63, 3.8) is 0 Å². The maximum Gasteiger partial charge on any atom is 0.245 e. The van der Waals surface area contributed by atoms with E-state index in [-0.39, 0.29) is 0 Å². The van der Waals surface area contributed by atoms with Gasteiger partial charge in [0.05, 0.1) is 12.4 Å². The summed E-state index contributed by atoms with van der Waals surface area (Å²) in [6.45, 7) is 4.18. The van der Waals surface area contributed by atoms with Crippen molar-refractivity contribution >= 4 is 5.95 Å². The molecule has 3 aromatic rings. The third kappa shape index (κ3) is 3.29. The third-order valence-electron chi connectivity index (χ3n) is 6.65. The highest BCUT2D eigenvalue weighted by atomic mass is 15.3. The van der Waals surface area contributed by atoms with Crippen molar-refractivity contribution in [3.8, 4) is 22.4 Å². The monoisotopic (exact) mass is 389 g/mol. The molecule has 2 aromatic heterocycles. The SMILES string of the molecule is Cc1cc(-c2cn[nH]c2)ccc1-c1cnc(N2C[C@H]3CC[C@@H](N(C)C)[C@H]3C2)nn1. The Balaban J connectivity index is 1.34. The van der Waals surface area contributed by atoms with Gasteiger partial charge in [-0.25, -0.2) is 4.98 Å². The molecule has 1 aliphatic heterocycles. The standard InChI is InChI=1S/C22H27N7/c1-14-8-15(17-9-24-25-10-17)4-6-18(14)20-11-23-22(27-26-20)29-12-16-5-7-21(28(2)3)19(16)13-29/h4,6,8-11,16,19,21H,5,7,12-13H2,1-3H3,(H,24,25)/t16-,19+,21-/m1/s1. The van der Waals surface area contributed by atoms with E-state index in [4.69, 9.17) is 0 Å². The van der Waals surface area contributed by atoms with E-state index >= 15 is 0 Å². The molecule has 0 amide bonds. The van der Waals surface area contributed by atoms with Crippen molar-refractivity contribution in [1.29, 1.82) is 0 Å². The highest BCUT2D eigenvalue weighted by Gasteiger charge is 2.44. The van der Waals surface area contributed by atoms with Gasteiger partial charge in [-0.2, -0.15) is 5.10 Å². The van der Waals surface area contributed by atoms with Crippen LogP contribution in [-0.4, -0.2) is 63.5 Å². The molecule has 1 aliphatic carbocycles. The molecule has 5 rings (SSSR count). The van der Waals surface area contributed by atoms with Gasteiger partial charge in [0.15, 0.2) is 0 Å². The first-order chi connectivity index (χ1) is 14.1. The van der Waals surface area contributed by atoms with Crippen LogP contribution in [0.4, 0.5) is 5.95 Å². The molecule has 3 heterocycles. The molecular weight excluding hydrogens is 362 g/mol. The van der Waals surface area contributed by atoms with E-state index in [9.17, 15) is 0 Å². The van der Waals surface area contributed by atoms with E-state index in [2.05, 4.69) is 74.4 Å². The summed E-state index contributed by atoms with van der Waals surface area (Å²) < 4.78 is 0. The summed E-state index contributed by atoms with van der Waals surface area (Å²) >= 11 is 0. The first kappa shape index (κ1) is 18.2. The van der Waals surface area contributed by atoms with Gasteiger partial charge >= 0.3 is 0 Å². The van der Waals surface area contributed by atoms with E-state index in [1.165, 1.54) is 12.8 Å². The zero-order valence-corrected chi connectivity index (χ0v) is 17.2. The van der Waals surface area contributed by atoms with Gasteiger partial charge in [-0.1, -0.05) is 18.2 Å². The van der Waals surface area contributed by atoms with Crippen molar-refractivity contribution < 1.29 is 0 Å². The molecule has 3 atom stereocenters. The van der Waals surface area contributed by atoms with Crippen LogP contribution in [0.1, 0.15) is 18.4 Å². The Morgan fingerprint density at radius 3 is 2.66 bits per heavy atom. The lowest BCUT2D eigenvalue weighted by molar-refractivity contribution is 0.237. The van der Waals surface area contributed by atoms with Crippen LogP contribution < -0.4 is 4.90 Å². The molecule has 1 saturated heterocycles. The number of benzene rings is 1. The molecule has 1 saturated carbocycles. The lowest BCUT2D eigenvalue weighted by Crippen LogP contribution is -2.35. The van der Waals surface area contributed by atoms with Gasteiger partial charge in [-0.3, -0.25) is 5.10 Å². The first-order valence-electron chi connectivity index (χ1n) is 10.3. The third-order valence-corrected chi connectivity index (χ3v) is 6.65. The minimum absolute atomic E-state index is 0.675. The molecule has 2 aliphatic rings. The predicted molar refractivity (Wildman–Crippen MR) is 113 cm³/mol. The normalized spacial score (nSPS) is 23.7. The maximum absolute atomic E-state index is 4.67. The molecule has 0 bridgehead atoms. The van der Waals surface area contributed by atoms with E-state index in [1.54, 1.807) is 0 Å². The minimum Gasteiger partial charge on any atom is -0.339 e. The Morgan fingerprint density at radius 1 is 1.07 bits per heavy atom. The van der Waals surface area contributed by atoms with Crippen LogP contribution in [0.25, 0.3) is 22.4 Å². The van der Waals surface area contributed by atoms with Gasteiger partial charge in [-0.05, 0) is 56.8 Å². The van der Waals surface area contributed by atoms with Crippen LogP contribution in [0.15, 0.2) is 36.8 Å². The summed E-state index contributed by atoms with van der Waals surface area (Å²) in [5, 5.41) is 15.9. The largest absolute Gasteiger partial charge is 0.339 e. The molecule has 0 unspecified atom stereocenters. The molecular formula is C22H27N7. The van der Waals surface area contributed by atoms with Crippen LogP contribution in [0.3, 0.4) is 0 Å². The Hall–Kier alpha value is -2.80. The van der Waals surface area contributed by atoms with Gasteiger partial charge in [0.1, 0.15) is 5.69 Å². The molecule has 7 nitrogen and oxygen atoms in total. The van der Waals surface area contributed by atoms with Gasteiger partial charge < -0.3 is 9.80 Å². The quantitative estimate of drug-likeness (QED) is 0.739. The number of aromatic amines is 1. The summed E-state index contributed by atoms with van der Waals surface area (Å²) in [7, 11) is 4.39. The lowest BCUT2D eigenvalue weighted by atomic mass is 9.97. The van der Waals surface area contributed by atoms with Gasteiger partial charge in [-0.15, -0.1) is 10.2 Å². The topological polar surface area (TPSA) is 73.8 Å². The number of hydrogen-bond acceptors (Lipinski definition) is 6. The molecule has 0 radical (unpaired) electrons. The molecule has 0 spiro atoms. The summed E-state index contributed by atoms with van der Waals surface area (Å²) in [5.41, 5.74) is 5.24. The van der Waals surface area contributed by atoms with Crippen molar-refractivity contribution in [3.05, 3.63) is 42.4 Å². The number of rotatable bonds is 4. The number of hydrogen-bond donors (Lipinski definition) is 1. The van der Waals surface area contributed by atoms with E-state index < -0.39 is 0 Å². The number of aromatic nitrogens is 5. The molecule has 29 heavy (non-hydrogen) atoms. The molecule has 2 fully saturated rings. The van der Waals surface area contributed by atoms with E-state index in [1.807, 2.05) is 18.6 Å². The molecule has 1 N–H and O–H groups in total. The first-order valence-corrected chi connectivity index (χ1v) is 10.3. The van der Waals surface area contributed by atoms with Crippen LogP contribution in [0, 0.1) is 18.8 Å². The smallest absolute Gasteiger partial charge is 0.245 e. The maximum atomic E-state index is 4.67. The summed E-state index contributed by atoms with van der Waals surface area (Å²) in [5.74, 6) is 2.22. The number of nitrogens with zero attached hydrogens (tertiary/aromatic N) is 6. The van der Waals surface area contributed by atoms with E-state index in [0.717, 1.165) is 52.9 Å². The second kappa shape index (κ2) is 7.22. The molecule has 7 heteroatoms. The van der Waals surface area contributed by atoms with Crippen molar-refractivity contribution in [2.75, 3.05) is 32.1 Å². The average molecular weight is 390 g/mol. The number of aryl methyl sites for hydroxylation is 1. The number of anilines is 1. The predicted octanol–water partition coefficient (Wildman–Crippen LogP) is 3.01. The van der Waals surface area contributed by atoms with Crippen molar-refractivity contribution in [2.45, 2.75) is 25.8 Å². The zero-order valence-electron chi connectivity index (χ0n) is 17.2. The Labute approximate surface area is 171 Å². The van der Waals surface area contributed by atoms with Crippen LogP contribution in [0.2, 0.25) is 0 Å².